The van der Waals surface area contributed by atoms with Crippen LogP contribution in [0, 0.1) is 5.82 Å². The number of carbonyl (C=O) groups is 1. The van der Waals surface area contributed by atoms with E-state index in [-0.39, 0.29) is 24.0 Å². The maximum absolute atomic E-state index is 13.2. The van der Waals surface area contributed by atoms with Crippen LogP contribution in [0.5, 0.6) is 0 Å². The van der Waals surface area contributed by atoms with Crippen LogP contribution in [0.15, 0.2) is 18.2 Å². The van der Waals surface area contributed by atoms with Crippen LogP contribution in [-0.2, 0) is 6.42 Å². The van der Waals surface area contributed by atoms with Gasteiger partial charge < -0.3 is 15.7 Å². The van der Waals surface area contributed by atoms with Gasteiger partial charge >= 0.3 is 6.03 Å². The molecule has 1 aromatic rings. The molecule has 0 bridgehead atoms. The summed E-state index contributed by atoms with van der Waals surface area (Å²) in [7, 11) is 0. The lowest BCUT2D eigenvalue weighted by atomic mass is 9.88. The highest BCUT2D eigenvalue weighted by Crippen LogP contribution is 2.29. The lowest BCUT2D eigenvalue weighted by molar-refractivity contribution is 0.160. The van der Waals surface area contributed by atoms with Gasteiger partial charge in [-0.1, -0.05) is 13.0 Å². The Kier molecular flexibility index (Phi) is 5.56. The zero-order chi connectivity index (χ0) is 15.2. The molecule has 0 saturated heterocycles. The average molecular weight is 294 g/mol. The van der Waals surface area contributed by atoms with Crippen molar-refractivity contribution in [1.82, 2.24) is 10.6 Å². The molecular formula is C16H23FN2O2. The molecule has 0 fully saturated rings. The monoisotopic (exact) mass is 294 g/mol. The normalized spacial score (nSPS) is 18.7. The Bertz CT molecular complexity index is 493. The molecule has 0 aliphatic heterocycles. The van der Waals surface area contributed by atoms with Gasteiger partial charge in [0.1, 0.15) is 5.82 Å². The summed E-state index contributed by atoms with van der Waals surface area (Å²) >= 11 is 0. The maximum Gasteiger partial charge on any atom is 0.315 e. The highest BCUT2D eigenvalue weighted by molar-refractivity contribution is 5.74. The fourth-order valence-corrected chi connectivity index (χ4v) is 2.70. The maximum atomic E-state index is 13.2. The smallest absolute Gasteiger partial charge is 0.315 e. The quantitative estimate of drug-likeness (QED) is 0.782. The number of aryl methyl sites for hydroxylation is 1. The summed E-state index contributed by atoms with van der Waals surface area (Å²) in [6, 6.07) is 4.45. The van der Waals surface area contributed by atoms with Crippen LogP contribution in [0.1, 0.15) is 49.8 Å². The molecule has 0 spiro atoms. The second-order valence-corrected chi connectivity index (χ2v) is 5.54. The predicted molar refractivity (Wildman–Crippen MR) is 79.5 cm³/mol. The largest absolute Gasteiger partial charge is 0.393 e. The van der Waals surface area contributed by atoms with Crippen LogP contribution in [0.25, 0.3) is 0 Å². The van der Waals surface area contributed by atoms with E-state index < -0.39 is 0 Å². The van der Waals surface area contributed by atoms with E-state index in [4.69, 9.17) is 0 Å². The number of carbonyl (C=O) groups excluding carboxylic acids is 1. The fourth-order valence-electron chi connectivity index (χ4n) is 2.70. The molecule has 1 aromatic carbocycles. The third-order valence-electron chi connectivity index (χ3n) is 3.96. The second kappa shape index (κ2) is 7.41. The first-order valence-corrected chi connectivity index (χ1v) is 7.61. The van der Waals surface area contributed by atoms with Gasteiger partial charge in [0, 0.05) is 6.54 Å². The van der Waals surface area contributed by atoms with Crippen molar-refractivity contribution in [3.05, 3.63) is 35.1 Å². The van der Waals surface area contributed by atoms with E-state index in [0.29, 0.717) is 19.4 Å². The summed E-state index contributed by atoms with van der Waals surface area (Å²) in [5.74, 6) is -0.229. The van der Waals surface area contributed by atoms with Gasteiger partial charge in [0.2, 0.25) is 0 Å². The average Bonchev–Trinajstić information content (AvgIpc) is 2.47. The van der Waals surface area contributed by atoms with Crippen LogP contribution >= 0.6 is 0 Å². The third-order valence-corrected chi connectivity index (χ3v) is 3.96. The summed E-state index contributed by atoms with van der Waals surface area (Å²) < 4.78 is 13.2. The fraction of sp³-hybridized carbons (Fsp3) is 0.562. The first-order chi connectivity index (χ1) is 10.1. The Labute approximate surface area is 124 Å². The van der Waals surface area contributed by atoms with Crippen LogP contribution < -0.4 is 10.6 Å². The molecule has 2 rings (SSSR count). The number of aliphatic hydroxyl groups excluding tert-OH is 1. The van der Waals surface area contributed by atoms with Crippen molar-refractivity contribution in [2.45, 2.75) is 51.2 Å². The number of hydrogen-bond acceptors (Lipinski definition) is 2. The minimum atomic E-state index is -0.372. The summed E-state index contributed by atoms with van der Waals surface area (Å²) in [4.78, 5) is 11.9. The van der Waals surface area contributed by atoms with E-state index in [1.165, 1.54) is 6.07 Å². The minimum Gasteiger partial charge on any atom is -0.393 e. The number of fused-ring (bicyclic) bond motifs is 1. The van der Waals surface area contributed by atoms with Gasteiger partial charge in [-0.15, -0.1) is 0 Å². The van der Waals surface area contributed by atoms with Crippen molar-refractivity contribution >= 4 is 6.03 Å². The number of urea groups is 1. The number of benzene rings is 1. The summed E-state index contributed by atoms with van der Waals surface area (Å²) in [6.07, 6.45) is 3.53. The topological polar surface area (TPSA) is 61.4 Å². The molecule has 21 heavy (non-hydrogen) atoms. The Morgan fingerprint density at radius 3 is 3.10 bits per heavy atom. The molecule has 116 valence electrons. The van der Waals surface area contributed by atoms with E-state index in [9.17, 15) is 14.3 Å². The van der Waals surface area contributed by atoms with Crippen molar-refractivity contribution in [3.63, 3.8) is 0 Å². The highest BCUT2D eigenvalue weighted by atomic mass is 19.1. The molecule has 4 nitrogen and oxygen atoms in total. The van der Waals surface area contributed by atoms with Crippen molar-refractivity contribution in [2.75, 3.05) is 6.54 Å². The van der Waals surface area contributed by atoms with Gasteiger partial charge in [0.25, 0.3) is 0 Å². The van der Waals surface area contributed by atoms with Gasteiger partial charge in [-0.25, -0.2) is 9.18 Å². The number of rotatable bonds is 5. The molecule has 0 saturated carbocycles. The van der Waals surface area contributed by atoms with Gasteiger partial charge in [-0.3, -0.25) is 0 Å². The van der Waals surface area contributed by atoms with Crippen LogP contribution in [-0.4, -0.2) is 23.8 Å². The molecular weight excluding hydrogens is 271 g/mol. The van der Waals surface area contributed by atoms with Crippen LogP contribution in [0.4, 0.5) is 9.18 Å². The van der Waals surface area contributed by atoms with E-state index in [1.54, 1.807) is 12.1 Å². The van der Waals surface area contributed by atoms with Crippen molar-refractivity contribution in [3.8, 4) is 0 Å². The number of halogens is 1. The molecule has 5 heteroatoms. The molecule has 2 amide bonds. The number of nitrogens with one attached hydrogen (secondary N) is 2. The van der Waals surface area contributed by atoms with Gasteiger partial charge in [0.05, 0.1) is 12.1 Å². The summed E-state index contributed by atoms with van der Waals surface area (Å²) in [5, 5.41) is 15.1. The van der Waals surface area contributed by atoms with Crippen molar-refractivity contribution in [2.24, 2.45) is 0 Å². The predicted octanol–water partition coefficient (Wildman–Crippen LogP) is 2.66. The molecule has 0 aromatic heterocycles. The Balaban J connectivity index is 1.88. The molecule has 2 atom stereocenters. The van der Waals surface area contributed by atoms with E-state index in [1.807, 2.05) is 6.92 Å². The number of hydrogen-bond donors (Lipinski definition) is 3. The Hall–Kier alpha value is -1.62. The summed E-state index contributed by atoms with van der Waals surface area (Å²) in [6.45, 7) is 2.35. The zero-order valence-corrected chi connectivity index (χ0v) is 12.4. The molecule has 1 aliphatic carbocycles. The molecule has 2 unspecified atom stereocenters. The first kappa shape index (κ1) is 15.8. The Morgan fingerprint density at radius 2 is 2.33 bits per heavy atom. The minimum absolute atomic E-state index is 0.0644. The van der Waals surface area contributed by atoms with Crippen LogP contribution in [0.2, 0.25) is 0 Å². The van der Waals surface area contributed by atoms with Crippen molar-refractivity contribution in [1.29, 1.82) is 0 Å². The first-order valence-electron chi connectivity index (χ1n) is 7.61. The Morgan fingerprint density at radius 1 is 1.52 bits per heavy atom. The third kappa shape index (κ3) is 4.43. The molecule has 1 aliphatic rings. The number of aliphatic hydroxyl groups is 1. The van der Waals surface area contributed by atoms with Gasteiger partial charge in [-0.2, -0.15) is 0 Å². The zero-order valence-electron chi connectivity index (χ0n) is 12.4. The number of amides is 2. The lowest BCUT2D eigenvalue weighted by Gasteiger charge is -2.26. The highest BCUT2D eigenvalue weighted by Gasteiger charge is 2.22. The van der Waals surface area contributed by atoms with Gasteiger partial charge in [0.15, 0.2) is 0 Å². The van der Waals surface area contributed by atoms with E-state index in [0.717, 1.165) is 30.4 Å². The SMILES string of the molecule is CCC(O)CCNC(=O)NC1CCCc2cc(F)ccc21. The summed E-state index contributed by atoms with van der Waals surface area (Å²) in [5.41, 5.74) is 1.99. The van der Waals surface area contributed by atoms with E-state index in [2.05, 4.69) is 10.6 Å². The van der Waals surface area contributed by atoms with E-state index >= 15 is 0 Å². The second-order valence-electron chi connectivity index (χ2n) is 5.54. The molecule has 0 radical (unpaired) electrons. The molecule has 0 heterocycles. The van der Waals surface area contributed by atoms with Crippen molar-refractivity contribution < 1.29 is 14.3 Å². The van der Waals surface area contributed by atoms with Crippen LogP contribution in [0.3, 0.4) is 0 Å². The molecule has 3 N–H and O–H groups in total. The standard InChI is InChI=1S/C16H23FN2O2/c1-2-13(20)8-9-18-16(21)19-15-5-3-4-11-10-12(17)6-7-14(11)15/h6-7,10,13,15,20H,2-5,8-9H2,1H3,(H2,18,19,21). The van der Waals surface area contributed by atoms with Gasteiger partial charge in [-0.05, 0) is 55.4 Å². The lowest BCUT2D eigenvalue weighted by Crippen LogP contribution is -2.40.